The fraction of sp³-hybridized carbons (Fsp3) is 0.391. The van der Waals surface area contributed by atoms with Gasteiger partial charge in [-0.15, -0.1) is 0 Å². The van der Waals surface area contributed by atoms with Crippen LogP contribution in [0.25, 0.3) is 6.08 Å². The molecule has 0 radical (unpaired) electrons. The Morgan fingerprint density at radius 3 is 2.45 bits per heavy atom. The Kier molecular flexibility index (Phi) is 7.65. The number of aromatic nitrogens is 1. The minimum Gasteiger partial charge on any atom is -0.493 e. The zero-order chi connectivity index (χ0) is 21.6. The summed E-state index contributed by atoms with van der Waals surface area (Å²) in [4.78, 5) is 24.4. The monoisotopic (exact) mass is 399 g/mol. The molecule has 0 saturated carbocycles. The Balaban J connectivity index is 1.98. The molecule has 1 aromatic heterocycles. The zero-order valence-electron chi connectivity index (χ0n) is 17.9. The molecular formula is C23H29NO5. The van der Waals surface area contributed by atoms with Gasteiger partial charge in [-0.3, -0.25) is 4.79 Å². The van der Waals surface area contributed by atoms with Gasteiger partial charge >= 0.3 is 5.97 Å². The Morgan fingerprint density at radius 1 is 1.14 bits per heavy atom. The van der Waals surface area contributed by atoms with Crippen LogP contribution in [0.2, 0.25) is 0 Å². The van der Waals surface area contributed by atoms with Crippen molar-refractivity contribution in [3.05, 3.63) is 52.9 Å². The minimum atomic E-state index is -0.580. The molecule has 2 aromatic rings. The summed E-state index contributed by atoms with van der Waals surface area (Å²) < 4.78 is 18.2. The van der Waals surface area contributed by atoms with E-state index < -0.39 is 5.97 Å². The average molecular weight is 399 g/mol. The van der Waals surface area contributed by atoms with Gasteiger partial charge < -0.3 is 18.8 Å². The van der Waals surface area contributed by atoms with Gasteiger partial charge in [0.25, 0.3) is 0 Å². The average Bonchev–Trinajstić information content (AvgIpc) is 2.98. The van der Waals surface area contributed by atoms with Crippen LogP contribution in [0, 0.1) is 13.8 Å². The van der Waals surface area contributed by atoms with E-state index in [-0.39, 0.29) is 18.5 Å². The SMILES string of the molecule is CCn1c(C)cc(C(=O)COC(=O)/C=C/c2ccc(OC(C)C)c(OC)c2)c1C. The van der Waals surface area contributed by atoms with Gasteiger partial charge in [0, 0.05) is 29.6 Å². The quantitative estimate of drug-likeness (QED) is 0.356. The number of hydrogen-bond donors (Lipinski definition) is 0. The molecule has 1 aromatic carbocycles. The molecule has 6 nitrogen and oxygen atoms in total. The summed E-state index contributed by atoms with van der Waals surface area (Å²) in [6.07, 6.45) is 2.93. The molecule has 0 fully saturated rings. The predicted octanol–water partition coefficient (Wildman–Crippen LogP) is 4.36. The molecule has 0 aliphatic carbocycles. The van der Waals surface area contributed by atoms with E-state index in [0.29, 0.717) is 17.1 Å². The van der Waals surface area contributed by atoms with Gasteiger partial charge in [0.15, 0.2) is 18.1 Å². The molecule has 0 aliphatic rings. The van der Waals surface area contributed by atoms with Gasteiger partial charge in [-0.25, -0.2) is 4.79 Å². The van der Waals surface area contributed by atoms with E-state index in [0.717, 1.165) is 23.5 Å². The summed E-state index contributed by atoms with van der Waals surface area (Å²) in [5.41, 5.74) is 3.25. The van der Waals surface area contributed by atoms with Crippen LogP contribution in [0.4, 0.5) is 0 Å². The highest BCUT2D eigenvalue weighted by Crippen LogP contribution is 2.29. The fourth-order valence-electron chi connectivity index (χ4n) is 3.14. The van der Waals surface area contributed by atoms with Crippen LogP contribution in [-0.2, 0) is 16.1 Å². The van der Waals surface area contributed by atoms with Gasteiger partial charge in [0.2, 0.25) is 5.78 Å². The number of ether oxygens (including phenoxy) is 3. The molecule has 156 valence electrons. The molecule has 1 heterocycles. The molecule has 6 heteroatoms. The Hall–Kier alpha value is -3.02. The predicted molar refractivity (Wildman–Crippen MR) is 113 cm³/mol. The summed E-state index contributed by atoms with van der Waals surface area (Å²) in [5.74, 6) is 0.425. The number of methoxy groups -OCH3 is 1. The second kappa shape index (κ2) is 9.96. The molecule has 0 aliphatic heterocycles. The van der Waals surface area contributed by atoms with Crippen molar-refractivity contribution >= 4 is 17.8 Å². The third-order valence-corrected chi connectivity index (χ3v) is 4.50. The van der Waals surface area contributed by atoms with Crippen LogP contribution in [0.15, 0.2) is 30.3 Å². The zero-order valence-corrected chi connectivity index (χ0v) is 17.9. The van der Waals surface area contributed by atoms with E-state index in [9.17, 15) is 9.59 Å². The minimum absolute atomic E-state index is 0.0273. The number of aryl methyl sites for hydroxylation is 1. The number of ketones is 1. The van der Waals surface area contributed by atoms with Crippen LogP contribution < -0.4 is 9.47 Å². The number of nitrogens with zero attached hydrogens (tertiary/aromatic N) is 1. The largest absolute Gasteiger partial charge is 0.493 e. The summed E-state index contributed by atoms with van der Waals surface area (Å²) >= 11 is 0. The summed E-state index contributed by atoms with van der Waals surface area (Å²) in [6, 6.07) is 7.20. The molecule has 29 heavy (non-hydrogen) atoms. The summed E-state index contributed by atoms with van der Waals surface area (Å²) in [5, 5.41) is 0. The lowest BCUT2D eigenvalue weighted by Crippen LogP contribution is -2.13. The smallest absolute Gasteiger partial charge is 0.331 e. The molecule has 0 spiro atoms. The highest BCUT2D eigenvalue weighted by molar-refractivity contribution is 6.00. The number of benzene rings is 1. The molecule has 2 rings (SSSR count). The number of esters is 1. The third kappa shape index (κ3) is 5.73. The molecule has 0 saturated heterocycles. The molecule has 0 amide bonds. The van der Waals surface area contributed by atoms with Crippen LogP contribution >= 0.6 is 0 Å². The first-order chi connectivity index (χ1) is 13.8. The van der Waals surface area contributed by atoms with E-state index in [1.807, 2.05) is 46.8 Å². The molecular weight excluding hydrogens is 370 g/mol. The van der Waals surface area contributed by atoms with Crippen molar-refractivity contribution in [1.29, 1.82) is 0 Å². The summed E-state index contributed by atoms with van der Waals surface area (Å²) in [7, 11) is 1.56. The van der Waals surface area contributed by atoms with Crippen molar-refractivity contribution < 1.29 is 23.8 Å². The van der Waals surface area contributed by atoms with Crippen molar-refractivity contribution in [1.82, 2.24) is 4.57 Å². The van der Waals surface area contributed by atoms with E-state index in [4.69, 9.17) is 14.2 Å². The second-order valence-corrected chi connectivity index (χ2v) is 6.97. The van der Waals surface area contributed by atoms with E-state index in [1.165, 1.54) is 6.08 Å². The molecule has 0 unspecified atom stereocenters. The Morgan fingerprint density at radius 2 is 1.86 bits per heavy atom. The summed E-state index contributed by atoms with van der Waals surface area (Å²) in [6.45, 7) is 10.2. The van der Waals surface area contributed by atoms with Crippen molar-refractivity contribution in [3.63, 3.8) is 0 Å². The molecule has 0 atom stereocenters. The van der Waals surface area contributed by atoms with Crippen molar-refractivity contribution in [2.75, 3.05) is 13.7 Å². The molecule has 0 bridgehead atoms. The number of carbonyl (C=O) groups excluding carboxylic acids is 2. The first-order valence-corrected chi connectivity index (χ1v) is 9.66. The normalized spacial score (nSPS) is 11.1. The highest BCUT2D eigenvalue weighted by atomic mass is 16.5. The first-order valence-electron chi connectivity index (χ1n) is 9.66. The van der Waals surface area contributed by atoms with Gasteiger partial charge in [-0.1, -0.05) is 6.07 Å². The lowest BCUT2D eigenvalue weighted by molar-refractivity contribution is -0.136. The highest BCUT2D eigenvalue weighted by Gasteiger charge is 2.16. The fourth-order valence-corrected chi connectivity index (χ4v) is 3.14. The van der Waals surface area contributed by atoms with Crippen molar-refractivity contribution in [2.24, 2.45) is 0 Å². The maximum atomic E-state index is 12.4. The lowest BCUT2D eigenvalue weighted by Gasteiger charge is -2.13. The number of hydrogen-bond acceptors (Lipinski definition) is 5. The van der Waals surface area contributed by atoms with Crippen LogP contribution in [0.5, 0.6) is 11.5 Å². The van der Waals surface area contributed by atoms with E-state index >= 15 is 0 Å². The van der Waals surface area contributed by atoms with Crippen molar-refractivity contribution in [2.45, 2.75) is 47.3 Å². The standard InChI is InChI=1S/C23H29NO5/c1-7-24-16(4)12-19(17(24)5)20(25)14-28-23(26)11-9-18-8-10-21(29-15(2)3)22(13-18)27-6/h8-13,15H,7,14H2,1-6H3/b11-9+. The maximum Gasteiger partial charge on any atom is 0.331 e. The van der Waals surface area contributed by atoms with E-state index in [2.05, 4.69) is 4.57 Å². The number of carbonyl (C=O) groups is 2. The van der Waals surface area contributed by atoms with Crippen LogP contribution in [0.1, 0.15) is 48.1 Å². The number of Topliss-reactive ketones (excluding diaryl/α,β-unsaturated/α-hetero) is 1. The van der Waals surface area contributed by atoms with Crippen LogP contribution in [-0.4, -0.2) is 36.1 Å². The lowest BCUT2D eigenvalue weighted by atomic mass is 10.1. The Bertz CT molecular complexity index is 908. The van der Waals surface area contributed by atoms with Crippen LogP contribution in [0.3, 0.4) is 0 Å². The number of rotatable bonds is 9. The van der Waals surface area contributed by atoms with Gasteiger partial charge in [-0.2, -0.15) is 0 Å². The van der Waals surface area contributed by atoms with Gasteiger partial charge in [0.1, 0.15) is 0 Å². The topological polar surface area (TPSA) is 66.8 Å². The molecule has 0 N–H and O–H groups in total. The maximum absolute atomic E-state index is 12.4. The first kappa shape index (κ1) is 22.3. The third-order valence-electron chi connectivity index (χ3n) is 4.50. The Labute approximate surface area is 172 Å². The second-order valence-electron chi connectivity index (χ2n) is 6.97. The van der Waals surface area contributed by atoms with E-state index in [1.54, 1.807) is 25.3 Å². The van der Waals surface area contributed by atoms with Gasteiger partial charge in [-0.05, 0) is 64.5 Å². The van der Waals surface area contributed by atoms with Gasteiger partial charge in [0.05, 0.1) is 13.2 Å². The van der Waals surface area contributed by atoms with Crippen molar-refractivity contribution in [3.8, 4) is 11.5 Å².